The molecule has 0 aliphatic rings. The van der Waals surface area contributed by atoms with Gasteiger partial charge in [-0.3, -0.25) is 9.55 Å². The van der Waals surface area contributed by atoms with Crippen molar-refractivity contribution in [2.75, 3.05) is 19.1 Å². The highest BCUT2D eigenvalue weighted by Gasteiger charge is 2.21. The van der Waals surface area contributed by atoms with Crippen LogP contribution in [0, 0.1) is 5.92 Å². The first kappa shape index (κ1) is 19.0. The van der Waals surface area contributed by atoms with Gasteiger partial charge in [-0.25, -0.2) is 0 Å². The molecule has 9 heteroatoms. The zero-order valence-corrected chi connectivity index (χ0v) is 16.3. The van der Waals surface area contributed by atoms with E-state index < -0.39 is 0 Å². The van der Waals surface area contributed by atoms with E-state index in [1.54, 1.807) is 13.3 Å². The summed E-state index contributed by atoms with van der Waals surface area (Å²) in [5.74, 6) is 2.91. The summed E-state index contributed by atoms with van der Waals surface area (Å²) < 4.78 is 12.6. The van der Waals surface area contributed by atoms with E-state index in [0.717, 1.165) is 24.0 Å². The van der Waals surface area contributed by atoms with Crippen molar-refractivity contribution in [3.05, 3.63) is 36.1 Å². The number of aromatic nitrogens is 6. The van der Waals surface area contributed by atoms with Gasteiger partial charge in [-0.05, 0) is 25.0 Å². The summed E-state index contributed by atoms with van der Waals surface area (Å²) in [6.45, 7) is 7.37. The van der Waals surface area contributed by atoms with Gasteiger partial charge in [-0.15, -0.1) is 10.2 Å². The van der Waals surface area contributed by atoms with Crippen molar-refractivity contribution in [1.29, 1.82) is 0 Å². The predicted octanol–water partition coefficient (Wildman–Crippen LogP) is 2.72. The fourth-order valence-electron chi connectivity index (χ4n) is 2.67. The molecule has 0 saturated heterocycles. The minimum absolute atomic E-state index is 0.215. The highest BCUT2D eigenvalue weighted by Crippen LogP contribution is 2.23. The van der Waals surface area contributed by atoms with Crippen molar-refractivity contribution >= 4 is 5.95 Å². The number of pyridine rings is 1. The van der Waals surface area contributed by atoms with Crippen LogP contribution < -0.4 is 4.90 Å². The molecule has 3 aromatic rings. The number of methoxy groups -OCH3 is 1. The van der Waals surface area contributed by atoms with Gasteiger partial charge in [0.05, 0.1) is 6.54 Å². The number of hydrogen-bond donors (Lipinski definition) is 0. The van der Waals surface area contributed by atoms with Crippen LogP contribution in [0.1, 0.15) is 38.6 Å². The molecular formula is C18H25N7O2. The van der Waals surface area contributed by atoms with Crippen LogP contribution in [0.5, 0.6) is 0 Å². The third-order valence-electron chi connectivity index (χ3n) is 4.09. The molecule has 3 heterocycles. The van der Waals surface area contributed by atoms with E-state index in [1.165, 1.54) is 0 Å². The van der Waals surface area contributed by atoms with Gasteiger partial charge in [0.25, 0.3) is 0 Å². The molecule has 27 heavy (non-hydrogen) atoms. The monoisotopic (exact) mass is 371 g/mol. The first-order valence-electron chi connectivity index (χ1n) is 8.90. The average molecular weight is 371 g/mol. The zero-order valence-electron chi connectivity index (χ0n) is 16.3. The maximum Gasteiger partial charge on any atom is 0.246 e. The van der Waals surface area contributed by atoms with Crippen molar-refractivity contribution in [3.8, 4) is 11.5 Å². The van der Waals surface area contributed by atoms with Crippen LogP contribution in [0.3, 0.4) is 0 Å². The van der Waals surface area contributed by atoms with Crippen LogP contribution >= 0.6 is 0 Å². The normalized spacial score (nSPS) is 12.5. The largest absolute Gasteiger partial charge is 0.374 e. The lowest BCUT2D eigenvalue weighted by Gasteiger charge is -2.19. The Kier molecular flexibility index (Phi) is 5.80. The molecule has 0 bridgehead atoms. The Labute approximate surface area is 158 Å². The second-order valence-electron chi connectivity index (χ2n) is 6.82. The molecule has 0 fully saturated rings. The van der Waals surface area contributed by atoms with Gasteiger partial charge >= 0.3 is 0 Å². The van der Waals surface area contributed by atoms with Crippen LogP contribution in [-0.4, -0.2) is 44.0 Å². The van der Waals surface area contributed by atoms with Crippen LogP contribution in [0.2, 0.25) is 0 Å². The molecule has 0 saturated carbocycles. The molecule has 9 nitrogen and oxygen atoms in total. The Morgan fingerprint density at radius 2 is 2.04 bits per heavy atom. The number of anilines is 1. The molecule has 1 atom stereocenters. The van der Waals surface area contributed by atoms with Crippen molar-refractivity contribution in [2.45, 2.75) is 40.0 Å². The fraction of sp³-hybridized carbons (Fsp3) is 0.500. The first-order valence-corrected chi connectivity index (χ1v) is 8.90. The molecule has 0 aliphatic heterocycles. The van der Waals surface area contributed by atoms with Gasteiger partial charge in [-0.2, -0.15) is 4.98 Å². The van der Waals surface area contributed by atoms with Gasteiger partial charge in [0.2, 0.25) is 11.8 Å². The fourth-order valence-corrected chi connectivity index (χ4v) is 2.67. The predicted molar refractivity (Wildman–Crippen MR) is 99.9 cm³/mol. The standard InChI is InChI=1S/C18H25N7O2/c1-12(2)10-25-17(14-8-6-7-9-19-14)21-22-18(25)24(4)11-15-20-16(23-27-15)13(3)26-5/h6-9,12-13H,10-11H2,1-5H3/t13-/m0/s1. The Bertz CT molecular complexity index is 860. The Morgan fingerprint density at radius 3 is 2.70 bits per heavy atom. The molecule has 0 aromatic carbocycles. The third-order valence-corrected chi connectivity index (χ3v) is 4.09. The van der Waals surface area contributed by atoms with E-state index >= 15 is 0 Å². The topological polar surface area (TPSA) is 95.0 Å². The van der Waals surface area contributed by atoms with Gasteiger partial charge in [-0.1, -0.05) is 25.1 Å². The Balaban J connectivity index is 1.86. The van der Waals surface area contributed by atoms with Crippen molar-refractivity contribution in [3.63, 3.8) is 0 Å². The molecule has 0 spiro atoms. The summed E-state index contributed by atoms with van der Waals surface area (Å²) >= 11 is 0. The highest BCUT2D eigenvalue weighted by atomic mass is 16.5. The second kappa shape index (κ2) is 8.26. The van der Waals surface area contributed by atoms with Gasteiger partial charge < -0.3 is 14.2 Å². The van der Waals surface area contributed by atoms with E-state index in [1.807, 2.05) is 37.1 Å². The number of ether oxygens (including phenoxy) is 1. The lowest BCUT2D eigenvalue weighted by molar-refractivity contribution is 0.109. The number of rotatable bonds is 8. The lowest BCUT2D eigenvalue weighted by Crippen LogP contribution is -2.22. The van der Waals surface area contributed by atoms with E-state index in [2.05, 4.69) is 43.7 Å². The zero-order chi connectivity index (χ0) is 19.4. The molecule has 0 unspecified atom stereocenters. The summed E-state index contributed by atoms with van der Waals surface area (Å²) in [6, 6.07) is 5.76. The number of hydrogen-bond acceptors (Lipinski definition) is 8. The Morgan fingerprint density at radius 1 is 1.22 bits per heavy atom. The van der Waals surface area contributed by atoms with E-state index in [0.29, 0.717) is 24.2 Å². The molecule has 3 aromatic heterocycles. The first-order chi connectivity index (χ1) is 13.0. The molecular weight excluding hydrogens is 346 g/mol. The molecule has 144 valence electrons. The van der Waals surface area contributed by atoms with E-state index in [4.69, 9.17) is 9.26 Å². The summed E-state index contributed by atoms with van der Waals surface area (Å²) in [5, 5.41) is 12.7. The average Bonchev–Trinajstić information content (AvgIpc) is 3.28. The summed E-state index contributed by atoms with van der Waals surface area (Å²) in [7, 11) is 3.53. The van der Waals surface area contributed by atoms with E-state index in [-0.39, 0.29) is 6.10 Å². The lowest BCUT2D eigenvalue weighted by atomic mass is 10.2. The molecule has 0 N–H and O–H groups in total. The van der Waals surface area contributed by atoms with Crippen molar-refractivity contribution in [2.24, 2.45) is 5.92 Å². The van der Waals surface area contributed by atoms with Gasteiger partial charge in [0.1, 0.15) is 11.8 Å². The Hall–Kier alpha value is -2.81. The van der Waals surface area contributed by atoms with Crippen LogP contribution in [0.4, 0.5) is 5.95 Å². The van der Waals surface area contributed by atoms with Gasteiger partial charge in [0.15, 0.2) is 11.6 Å². The quantitative estimate of drug-likeness (QED) is 0.596. The maximum absolute atomic E-state index is 5.34. The van der Waals surface area contributed by atoms with E-state index in [9.17, 15) is 0 Å². The summed E-state index contributed by atoms with van der Waals surface area (Å²) in [6.07, 6.45) is 1.54. The minimum Gasteiger partial charge on any atom is -0.374 e. The molecule has 0 amide bonds. The van der Waals surface area contributed by atoms with Crippen molar-refractivity contribution in [1.82, 2.24) is 29.9 Å². The SMILES string of the molecule is CO[C@@H](C)c1noc(CN(C)c2nnc(-c3ccccn3)n2CC(C)C)n1. The highest BCUT2D eigenvalue weighted by molar-refractivity contribution is 5.52. The minimum atomic E-state index is -0.215. The molecule has 0 aliphatic carbocycles. The number of nitrogens with zero attached hydrogens (tertiary/aromatic N) is 7. The summed E-state index contributed by atoms with van der Waals surface area (Å²) in [5.41, 5.74) is 0.791. The third kappa shape index (κ3) is 4.30. The molecule has 3 rings (SSSR count). The summed E-state index contributed by atoms with van der Waals surface area (Å²) in [4.78, 5) is 10.7. The van der Waals surface area contributed by atoms with Gasteiger partial charge in [0, 0.05) is 26.9 Å². The maximum atomic E-state index is 5.34. The van der Waals surface area contributed by atoms with Crippen LogP contribution in [0.25, 0.3) is 11.5 Å². The molecule has 0 radical (unpaired) electrons. The van der Waals surface area contributed by atoms with Crippen LogP contribution in [-0.2, 0) is 17.8 Å². The van der Waals surface area contributed by atoms with Crippen molar-refractivity contribution < 1.29 is 9.26 Å². The van der Waals surface area contributed by atoms with Crippen LogP contribution in [0.15, 0.2) is 28.9 Å². The second-order valence-corrected chi connectivity index (χ2v) is 6.82. The smallest absolute Gasteiger partial charge is 0.246 e.